The molecule has 0 aliphatic carbocycles. The molecule has 0 fully saturated rings. The minimum atomic E-state index is -0.890. The first-order chi connectivity index (χ1) is 17.5. The zero-order chi connectivity index (χ0) is 25.5. The van der Waals surface area contributed by atoms with Crippen LogP contribution in [0.2, 0.25) is 0 Å². The Balaban J connectivity index is 1.73. The van der Waals surface area contributed by atoms with E-state index in [9.17, 15) is 18.4 Å². The van der Waals surface area contributed by atoms with Gasteiger partial charge in [-0.2, -0.15) is 0 Å². The second-order valence-corrected chi connectivity index (χ2v) is 8.84. The Morgan fingerprint density at radius 3 is 2.31 bits per heavy atom. The number of carbonyl (C=O) groups is 2. The molecule has 0 bridgehead atoms. The van der Waals surface area contributed by atoms with E-state index in [-0.39, 0.29) is 19.1 Å². The maximum absolute atomic E-state index is 14.6. The largest absolute Gasteiger partial charge is 0.491 e. The number of halogens is 2. The van der Waals surface area contributed by atoms with Crippen molar-refractivity contribution in [3.05, 3.63) is 101 Å². The lowest BCUT2D eigenvalue weighted by Gasteiger charge is -2.33. The van der Waals surface area contributed by atoms with Crippen molar-refractivity contribution in [3.63, 3.8) is 0 Å². The number of ether oxygens (including phenoxy) is 1. The van der Waals surface area contributed by atoms with Crippen LogP contribution in [0, 0.1) is 11.6 Å². The summed E-state index contributed by atoms with van der Waals surface area (Å²) in [6.45, 7) is 3.30. The first-order valence-electron chi connectivity index (χ1n) is 12.3. The van der Waals surface area contributed by atoms with Gasteiger partial charge in [-0.25, -0.2) is 8.78 Å². The average molecular weight is 493 g/mol. The summed E-state index contributed by atoms with van der Waals surface area (Å²) >= 11 is 0. The van der Waals surface area contributed by atoms with Crippen LogP contribution in [-0.2, 0) is 6.42 Å². The maximum atomic E-state index is 14.6. The van der Waals surface area contributed by atoms with Crippen molar-refractivity contribution in [2.45, 2.75) is 32.2 Å². The molecular weight excluding hydrogens is 462 g/mol. The van der Waals surface area contributed by atoms with Gasteiger partial charge >= 0.3 is 0 Å². The Bertz CT molecular complexity index is 1180. The molecule has 5 nitrogen and oxygen atoms in total. The third-order valence-corrected chi connectivity index (χ3v) is 6.49. The molecule has 3 aromatic rings. The van der Waals surface area contributed by atoms with Gasteiger partial charge in [0.15, 0.2) is 0 Å². The minimum absolute atomic E-state index is 0.0626. The fourth-order valence-electron chi connectivity index (χ4n) is 4.55. The fraction of sp³-hybridized carbons (Fsp3) is 0.310. The van der Waals surface area contributed by atoms with E-state index in [1.165, 1.54) is 11.0 Å². The number of benzene rings is 3. The average Bonchev–Trinajstić information content (AvgIpc) is 2.88. The lowest BCUT2D eigenvalue weighted by molar-refractivity contribution is 0.0577. The molecule has 0 spiro atoms. The summed E-state index contributed by atoms with van der Waals surface area (Å²) in [5.74, 6) is -2.17. The Hall–Kier alpha value is -3.74. The normalized spacial score (nSPS) is 17.0. The van der Waals surface area contributed by atoms with Crippen molar-refractivity contribution < 1.29 is 23.1 Å². The lowest BCUT2D eigenvalue weighted by atomic mass is 10.0. The van der Waals surface area contributed by atoms with E-state index in [4.69, 9.17) is 4.74 Å². The molecular formula is C29H30F2N2O3. The van der Waals surface area contributed by atoms with Crippen LogP contribution >= 0.6 is 0 Å². The van der Waals surface area contributed by atoms with Crippen molar-refractivity contribution in [3.8, 4) is 5.75 Å². The highest BCUT2D eigenvalue weighted by molar-refractivity contribution is 5.97. The van der Waals surface area contributed by atoms with E-state index in [2.05, 4.69) is 0 Å². The Morgan fingerprint density at radius 1 is 0.917 bits per heavy atom. The van der Waals surface area contributed by atoms with Crippen LogP contribution in [0.15, 0.2) is 72.8 Å². The van der Waals surface area contributed by atoms with Gasteiger partial charge in [0.1, 0.15) is 29.6 Å². The fourth-order valence-corrected chi connectivity index (χ4v) is 4.55. The van der Waals surface area contributed by atoms with E-state index >= 15 is 0 Å². The highest BCUT2D eigenvalue weighted by Gasteiger charge is 2.30. The van der Waals surface area contributed by atoms with Gasteiger partial charge in [-0.05, 0) is 56.0 Å². The number of amides is 2. The van der Waals surface area contributed by atoms with Crippen LogP contribution in [0.5, 0.6) is 5.75 Å². The van der Waals surface area contributed by atoms with Gasteiger partial charge in [0.2, 0.25) is 0 Å². The SMILES string of the molecule is CCN1CCCCN(C(=O)c2c(F)cccc2F)[C@H](Cc2ccccc2)COc2ccccc2C1=O. The van der Waals surface area contributed by atoms with E-state index in [1.807, 2.05) is 37.3 Å². The number of carbonyl (C=O) groups excluding carboxylic acids is 2. The van der Waals surface area contributed by atoms with Crippen LogP contribution in [0.4, 0.5) is 8.78 Å². The van der Waals surface area contributed by atoms with E-state index in [0.29, 0.717) is 43.7 Å². The Morgan fingerprint density at radius 2 is 1.58 bits per heavy atom. The lowest BCUT2D eigenvalue weighted by Crippen LogP contribution is -2.46. The smallest absolute Gasteiger partial charge is 0.260 e. The number of hydrogen-bond donors (Lipinski definition) is 0. The topological polar surface area (TPSA) is 49.9 Å². The summed E-state index contributed by atoms with van der Waals surface area (Å²) in [4.78, 5) is 30.1. The van der Waals surface area contributed by atoms with Crippen molar-refractivity contribution in [1.82, 2.24) is 9.80 Å². The zero-order valence-corrected chi connectivity index (χ0v) is 20.3. The van der Waals surface area contributed by atoms with Gasteiger partial charge in [0.25, 0.3) is 11.8 Å². The summed E-state index contributed by atoms with van der Waals surface area (Å²) in [5.41, 5.74) is 0.858. The molecule has 0 N–H and O–H groups in total. The predicted octanol–water partition coefficient (Wildman–Crippen LogP) is 5.35. The second-order valence-electron chi connectivity index (χ2n) is 8.84. The van der Waals surface area contributed by atoms with Crippen molar-refractivity contribution in [2.75, 3.05) is 26.2 Å². The van der Waals surface area contributed by atoms with E-state index in [0.717, 1.165) is 17.7 Å². The van der Waals surface area contributed by atoms with Gasteiger partial charge in [-0.1, -0.05) is 48.5 Å². The number of rotatable bonds is 4. The molecule has 1 atom stereocenters. The summed E-state index contributed by atoms with van der Waals surface area (Å²) in [7, 11) is 0. The number of fused-ring (bicyclic) bond motifs is 1. The summed E-state index contributed by atoms with van der Waals surface area (Å²) in [5, 5.41) is 0. The van der Waals surface area contributed by atoms with Gasteiger partial charge < -0.3 is 14.5 Å². The third-order valence-electron chi connectivity index (χ3n) is 6.49. The van der Waals surface area contributed by atoms with Crippen molar-refractivity contribution in [1.29, 1.82) is 0 Å². The number of para-hydroxylation sites is 1. The van der Waals surface area contributed by atoms with E-state index < -0.39 is 29.1 Å². The molecule has 7 heteroatoms. The molecule has 1 aliphatic heterocycles. The standard InChI is InChI=1S/C29H30F2N2O3/c1-2-32-17-8-9-18-33(29(35)27-24(30)14-10-15-25(27)31)22(19-21-11-4-3-5-12-21)20-36-26-16-7-6-13-23(26)28(32)34/h3-7,10-16,22H,2,8-9,17-20H2,1H3/t22-/m1/s1. The first-order valence-corrected chi connectivity index (χ1v) is 12.3. The quantitative estimate of drug-likeness (QED) is 0.493. The van der Waals surface area contributed by atoms with Crippen LogP contribution in [-0.4, -0.2) is 53.9 Å². The Kier molecular flexibility index (Phi) is 8.31. The third kappa shape index (κ3) is 5.73. The van der Waals surface area contributed by atoms with Crippen LogP contribution < -0.4 is 4.74 Å². The molecule has 188 valence electrons. The zero-order valence-electron chi connectivity index (χ0n) is 20.3. The molecule has 2 amide bonds. The number of hydrogen-bond acceptors (Lipinski definition) is 3. The van der Waals surface area contributed by atoms with E-state index in [1.54, 1.807) is 29.2 Å². The number of nitrogens with zero attached hydrogens (tertiary/aromatic N) is 2. The molecule has 0 saturated heterocycles. The molecule has 0 saturated carbocycles. The summed E-state index contributed by atoms with van der Waals surface area (Å²) < 4.78 is 35.4. The predicted molar refractivity (Wildman–Crippen MR) is 134 cm³/mol. The molecule has 0 radical (unpaired) electrons. The highest BCUT2D eigenvalue weighted by atomic mass is 19.1. The minimum Gasteiger partial charge on any atom is -0.491 e. The molecule has 0 unspecified atom stereocenters. The first kappa shape index (κ1) is 25.4. The summed E-state index contributed by atoms with van der Waals surface area (Å²) in [6, 6.07) is 19.6. The van der Waals surface area contributed by atoms with Crippen molar-refractivity contribution in [2.24, 2.45) is 0 Å². The molecule has 3 aromatic carbocycles. The molecule has 0 aromatic heterocycles. The van der Waals surface area contributed by atoms with Gasteiger partial charge in [0, 0.05) is 19.6 Å². The van der Waals surface area contributed by atoms with Crippen molar-refractivity contribution >= 4 is 11.8 Å². The van der Waals surface area contributed by atoms with Gasteiger partial charge in [0.05, 0.1) is 11.6 Å². The van der Waals surface area contributed by atoms with Crippen LogP contribution in [0.25, 0.3) is 0 Å². The molecule has 36 heavy (non-hydrogen) atoms. The van der Waals surface area contributed by atoms with Crippen LogP contribution in [0.3, 0.4) is 0 Å². The summed E-state index contributed by atoms with van der Waals surface area (Å²) in [6.07, 6.45) is 1.64. The highest BCUT2D eigenvalue weighted by Crippen LogP contribution is 2.24. The Labute approximate surface area is 210 Å². The van der Waals surface area contributed by atoms with Gasteiger partial charge in [-0.15, -0.1) is 0 Å². The van der Waals surface area contributed by atoms with Gasteiger partial charge in [-0.3, -0.25) is 9.59 Å². The monoisotopic (exact) mass is 492 g/mol. The molecule has 4 rings (SSSR count). The second kappa shape index (κ2) is 11.8. The molecule has 1 heterocycles. The maximum Gasteiger partial charge on any atom is 0.260 e. The van der Waals surface area contributed by atoms with Crippen LogP contribution in [0.1, 0.15) is 46.0 Å². The molecule has 1 aliphatic rings.